The van der Waals surface area contributed by atoms with Crippen LogP contribution in [0.3, 0.4) is 0 Å². The topological polar surface area (TPSA) is 33.0 Å². The van der Waals surface area contributed by atoms with Crippen molar-refractivity contribution in [3.05, 3.63) is 68.8 Å². The average molecular weight is 409 g/mol. The average Bonchev–Trinajstić information content (AvgIpc) is 2.50. The summed E-state index contributed by atoms with van der Waals surface area (Å²) in [5, 5.41) is 8.94. The maximum atomic E-state index is 13.4. The number of ether oxygens (including phenoxy) is 1. The van der Waals surface area contributed by atoms with Gasteiger partial charge in [-0.2, -0.15) is 5.26 Å². The van der Waals surface area contributed by atoms with Gasteiger partial charge >= 0.3 is 0 Å². The van der Waals surface area contributed by atoms with E-state index >= 15 is 0 Å². The van der Waals surface area contributed by atoms with E-state index in [1.165, 1.54) is 6.08 Å². The SMILES string of the molecule is N#Cc1ccc(I)c(CCCOC2=C/C(F)=C\CC/C=C\2)c1. The molecular formula is C18H17FINO. The van der Waals surface area contributed by atoms with Crippen LogP contribution in [0.1, 0.15) is 30.4 Å². The van der Waals surface area contributed by atoms with Crippen LogP contribution in [-0.2, 0) is 11.2 Å². The first-order chi connectivity index (χ1) is 10.7. The molecule has 2 rings (SSSR count). The van der Waals surface area contributed by atoms with Crippen LogP contribution in [0.15, 0.2) is 54.1 Å². The van der Waals surface area contributed by atoms with Gasteiger partial charge in [-0.15, -0.1) is 0 Å². The van der Waals surface area contributed by atoms with Crippen LogP contribution in [0.25, 0.3) is 0 Å². The van der Waals surface area contributed by atoms with Crippen LogP contribution in [0.4, 0.5) is 4.39 Å². The minimum Gasteiger partial charge on any atom is -0.493 e. The molecule has 1 aliphatic carbocycles. The Kier molecular flexibility index (Phi) is 6.66. The van der Waals surface area contributed by atoms with Crippen LogP contribution < -0.4 is 0 Å². The molecule has 0 fully saturated rings. The molecule has 0 aliphatic heterocycles. The maximum Gasteiger partial charge on any atom is 0.122 e. The fourth-order valence-corrected chi connectivity index (χ4v) is 2.74. The molecule has 0 spiro atoms. The molecular weight excluding hydrogens is 392 g/mol. The molecule has 1 aliphatic rings. The Labute approximate surface area is 144 Å². The Morgan fingerprint density at radius 2 is 2.18 bits per heavy atom. The van der Waals surface area contributed by atoms with Gasteiger partial charge in [-0.05, 0) is 84.2 Å². The summed E-state index contributed by atoms with van der Waals surface area (Å²) in [5.41, 5.74) is 1.82. The summed E-state index contributed by atoms with van der Waals surface area (Å²) in [5.74, 6) is 0.324. The predicted molar refractivity (Wildman–Crippen MR) is 93.8 cm³/mol. The van der Waals surface area contributed by atoms with Crippen LogP contribution in [0.5, 0.6) is 0 Å². The van der Waals surface area contributed by atoms with Gasteiger partial charge < -0.3 is 4.74 Å². The van der Waals surface area contributed by atoms with Gasteiger partial charge in [-0.3, -0.25) is 0 Å². The van der Waals surface area contributed by atoms with Crippen LogP contribution in [-0.4, -0.2) is 6.61 Å². The number of rotatable bonds is 5. The van der Waals surface area contributed by atoms with Gasteiger partial charge in [0.05, 0.1) is 18.2 Å². The van der Waals surface area contributed by atoms with Crippen LogP contribution in [0.2, 0.25) is 0 Å². The monoisotopic (exact) mass is 409 g/mol. The number of nitriles is 1. The van der Waals surface area contributed by atoms with Crippen molar-refractivity contribution in [2.75, 3.05) is 6.61 Å². The highest BCUT2D eigenvalue weighted by Gasteiger charge is 2.03. The number of nitrogens with zero attached hydrogens (tertiary/aromatic N) is 1. The molecule has 0 amide bonds. The normalized spacial score (nSPS) is 20.6. The lowest BCUT2D eigenvalue weighted by molar-refractivity contribution is 0.219. The van der Waals surface area contributed by atoms with Crippen LogP contribution >= 0.6 is 22.6 Å². The van der Waals surface area contributed by atoms with Gasteiger partial charge in [0.15, 0.2) is 0 Å². The summed E-state index contributed by atoms with van der Waals surface area (Å²) < 4.78 is 20.2. The van der Waals surface area contributed by atoms with Crippen molar-refractivity contribution in [2.24, 2.45) is 0 Å². The molecule has 0 radical (unpaired) electrons. The van der Waals surface area contributed by atoms with Gasteiger partial charge in [-0.25, -0.2) is 4.39 Å². The highest BCUT2D eigenvalue weighted by Crippen LogP contribution is 2.17. The Morgan fingerprint density at radius 3 is 3.00 bits per heavy atom. The number of hydrogen-bond acceptors (Lipinski definition) is 2. The lowest BCUT2D eigenvalue weighted by Crippen LogP contribution is -1.98. The van der Waals surface area contributed by atoms with E-state index in [1.807, 2.05) is 30.4 Å². The Hall–Kier alpha value is -1.61. The predicted octanol–water partition coefficient (Wildman–Crippen LogP) is 5.20. The summed E-state index contributed by atoms with van der Waals surface area (Å²) in [6.07, 6.45) is 10.0. The van der Waals surface area contributed by atoms with Gasteiger partial charge in [0.2, 0.25) is 0 Å². The molecule has 4 heteroatoms. The van der Waals surface area contributed by atoms with E-state index in [9.17, 15) is 4.39 Å². The molecule has 0 saturated heterocycles. The quantitative estimate of drug-likeness (QED) is 0.495. The van der Waals surface area contributed by atoms with E-state index in [-0.39, 0.29) is 5.83 Å². The highest BCUT2D eigenvalue weighted by molar-refractivity contribution is 14.1. The van der Waals surface area contributed by atoms with Crippen molar-refractivity contribution in [2.45, 2.75) is 25.7 Å². The zero-order valence-electron chi connectivity index (χ0n) is 12.2. The lowest BCUT2D eigenvalue weighted by Gasteiger charge is -2.09. The molecule has 1 aromatic carbocycles. The second kappa shape index (κ2) is 8.74. The summed E-state index contributed by atoms with van der Waals surface area (Å²) in [6, 6.07) is 7.84. The fraction of sp³-hybridized carbons (Fsp3) is 0.278. The van der Waals surface area contributed by atoms with E-state index in [1.54, 1.807) is 6.08 Å². The Bertz CT molecular complexity index is 656. The Balaban J connectivity index is 1.87. The molecule has 1 aromatic rings. The zero-order valence-corrected chi connectivity index (χ0v) is 14.3. The summed E-state index contributed by atoms with van der Waals surface area (Å²) in [6.45, 7) is 0.524. The first-order valence-corrected chi connectivity index (χ1v) is 8.32. The molecule has 0 unspecified atom stereocenters. The molecule has 0 atom stereocenters. The molecule has 0 N–H and O–H groups in total. The van der Waals surface area contributed by atoms with E-state index in [4.69, 9.17) is 10.00 Å². The first kappa shape index (κ1) is 16.8. The second-order valence-corrected chi connectivity index (χ2v) is 6.15. The molecule has 0 saturated carbocycles. The molecule has 22 heavy (non-hydrogen) atoms. The molecule has 0 heterocycles. The largest absolute Gasteiger partial charge is 0.493 e. The third kappa shape index (κ3) is 5.30. The number of halogens is 2. The molecule has 0 aromatic heterocycles. The minimum atomic E-state index is -0.240. The highest BCUT2D eigenvalue weighted by atomic mass is 127. The van der Waals surface area contributed by atoms with Crippen molar-refractivity contribution in [1.82, 2.24) is 0 Å². The van der Waals surface area contributed by atoms with E-state index in [0.29, 0.717) is 17.9 Å². The van der Waals surface area contributed by atoms with Crippen molar-refractivity contribution in [3.8, 4) is 6.07 Å². The third-order valence-electron chi connectivity index (χ3n) is 3.27. The number of benzene rings is 1. The standard InChI is InChI=1S/C18H17FINO/c19-16-6-2-1-3-7-17(12-16)22-10-4-5-15-11-14(13-21)8-9-18(15)20/h3,6-9,11-12H,1-2,4-5,10H2/b7-3-,16-6+,17-12+. The van der Waals surface area contributed by atoms with Gasteiger partial charge in [0, 0.05) is 9.65 Å². The van der Waals surface area contributed by atoms with Crippen molar-refractivity contribution in [1.29, 1.82) is 5.26 Å². The molecule has 0 bridgehead atoms. The zero-order chi connectivity index (χ0) is 15.8. The third-order valence-corrected chi connectivity index (χ3v) is 4.32. The van der Waals surface area contributed by atoms with E-state index < -0.39 is 0 Å². The number of hydrogen-bond donors (Lipinski definition) is 0. The van der Waals surface area contributed by atoms with Gasteiger partial charge in [0.1, 0.15) is 11.6 Å². The summed E-state index contributed by atoms with van der Waals surface area (Å²) >= 11 is 2.27. The molecule has 2 nitrogen and oxygen atoms in total. The lowest BCUT2D eigenvalue weighted by atomic mass is 10.1. The molecule has 114 valence electrons. The fourth-order valence-electron chi connectivity index (χ4n) is 2.14. The maximum absolute atomic E-state index is 13.4. The summed E-state index contributed by atoms with van der Waals surface area (Å²) in [7, 11) is 0. The number of allylic oxidation sites excluding steroid dienone is 5. The van der Waals surface area contributed by atoms with Gasteiger partial charge in [0.25, 0.3) is 0 Å². The van der Waals surface area contributed by atoms with Gasteiger partial charge in [-0.1, -0.05) is 6.08 Å². The van der Waals surface area contributed by atoms with Crippen molar-refractivity contribution < 1.29 is 9.13 Å². The van der Waals surface area contributed by atoms with E-state index in [2.05, 4.69) is 28.7 Å². The minimum absolute atomic E-state index is 0.240. The number of aryl methyl sites for hydroxylation is 1. The Morgan fingerprint density at radius 1 is 1.32 bits per heavy atom. The van der Waals surface area contributed by atoms with Crippen molar-refractivity contribution in [3.63, 3.8) is 0 Å². The smallest absolute Gasteiger partial charge is 0.122 e. The van der Waals surface area contributed by atoms with Crippen LogP contribution in [0, 0.1) is 14.9 Å². The van der Waals surface area contributed by atoms with Crippen molar-refractivity contribution >= 4 is 22.6 Å². The first-order valence-electron chi connectivity index (χ1n) is 7.24. The second-order valence-electron chi connectivity index (χ2n) is 4.99. The van der Waals surface area contributed by atoms with E-state index in [0.717, 1.165) is 34.8 Å². The summed E-state index contributed by atoms with van der Waals surface area (Å²) in [4.78, 5) is 0.